The van der Waals surface area contributed by atoms with Crippen molar-refractivity contribution in [2.75, 3.05) is 30.8 Å². The van der Waals surface area contributed by atoms with E-state index in [0.717, 1.165) is 18.1 Å². The van der Waals surface area contributed by atoms with Gasteiger partial charge >= 0.3 is 6.09 Å². The maximum absolute atomic E-state index is 10.3. The van der Waals surface area contributed by atoms with Crippen molar-refractivity contribution in [2.24, 2.45) is 5.73 Å². The van der Waals surface area contributed by atoms with Crippen molar-refractivity contribution >= 4 is 17.7 Å². The lowest BCUT2D eigenvalue weighted by atomic mass is 10.4. The lowest BCUT2D eigenvalue weighted by Gasteiger charge is -2.08. The zero-order valence-corrected chi connectivity index (χ0v) is 9.99. The Morgan fingerprint density at radius 2 is 2.18 bits per heavy atom. The molecule has 94 valence electrons. The van der Waals surface area contributed by atoms with Crippen LogP contribution in [0.1, 0.15) is 12.7 Å². The lowest BCUT2D eigenvalue weighted by molar-refractivity contribution is 0.161. The van der Waals surface area contributed by atoms with E-state index in [0.29, 0.717) is 12.4 Å². The average molecular weight is 239 g/mol. The number of amides is 1. The van der Waals surface area contributed by atoms with Crippen LogP contribution in [0.15, 0.2) is 6.07 Å². The molecule has 0 aliphatic rings. The molecule has 7 nitrogen and oxygen atoms in total. The van der Waals surface area contributed by atoms with E-state index in [1.807, 2.05) is 6.92 Å². The summed E-state index contributed by atoms with van der Waals surface area (Å²) >= 11 is 0. The van der Waals surface area contributed by atoms with Gasteiger partial charge in [0.15, 0.2) is 0 Å². The number of carbonyl (C=O) groups excluding carboxylic acids is 1. The number of anilines is 2. The number of aryl methyl sites for hydroxylation is 1. The molecule has 17 heavy (non-hydrogen) atoms. The number of nitrogens with two attached hydrogens (primary N) is 1. The first-order chi connectivity index (χ1) is 8.15. The van der Waals surface area contributed by atoms with Gasteiger partial charge in [0.25, 0.3) is 0 Å². The third kappa shape index (κ3) is 4.54. The summed E-state index contributed by atoms with van der Waals surface area (Å²) in [6.07, 6.45) is -0.0261. The summed E-state index contributed by atoms with van der Waals surface area (Å²) < 4.78 is 4.59. The minimum atomic E-state index is -0.778. The molecule has 0 saturated heterocycles. The molecule has 0 spiro atoms. The molecule has 0 aromatic carbocycles. The molecule has 0 radical (unpaired) electrons. The van der Waals surface area contributed by atoms with Gasteiger partial charge < -0.3 is 21.1 Å². The highest BCUT2D eigenvalue weighted by atomic mass is 16.5. The molecule has 1 rings (SSSR count). The lowest BCUT2D eigenvalue weighted by Crippen LogP contribution is -2.19. The number of nitrogens with one attached hydrogen (secondary N) is 2. The van der Waals surface area contributed by atoms with Crippen molar-refractivity contribution in [3.8, 4) is 0 Å². The van der Waals surface area contributed by atoms with Gasteiger partial charge in [-0.25, -0.2) is 14.8 Å². The van der Waals surface area contributed by atoms with Crippen molar-refractivity contribution in [1.29, 1.82) is 0 Å². The molecule has 1 aromatic rings. The molecule has 1 amide bonds. The van der Waals surface area contributed by atoms with Crippen LogP contribution in [0, 0.1) is 0 Å². The second kappa shape index (κ2) is 6.51. The van der Waals surface area contributed by atoms with E-state index in [4.69, 9.17) is 5.73 Å². The minimum absolute atomic E-state index is 0.204. The highest BCUT2D eigenvalue weighted by Gasteiger charge is 2.02. The summed E-state index contributed by atoms with van der Waals surface area (Å²) in [7, 11) is 1.79. The van der Waals surface area contributed by atoms with Gasteiger partial charge in [-0.05, 0) is 0 Å². The largest absolute Gasteiger partial charge is 0.448 e. The van der Waals surface area contributed by atoms with Crippen LogP contribution in [0.2, 0.25) is 0 Å². The maximum atomic E-state index is 10.3. The Labute approximate surface area is 99.8 Å². The van der Waals surface area contributed by atoms with Crippen molar-refractivity contribution < 1.29 is 9.53 Å². The van der Waals surface area contributed by atoms with Crippen LogP contribution in [-0.2, 0) is 11.2 Å². The van der Waals surface area contributed by atoms with E-state index in [1.54, 1.807) is 13.1 Å². The fraction of sp³-hybridized carbons (Fsp3) is 0.500. The van der Waals surface area contributed by atoms with Crippen LogP contribution in [0.5, 0.6) is 0 Å². The van der Waals surface area contributed by atoms with E-state index in [-0.39, 0.29) is 6.61 Å². The molecule has 0 unspecified atom stereocenters. The van der Waals surface area contributed by atoms with Gasteiger partial charge in [-0.2, -0.15) is 0 Å². The Morgan fingerprint density at radius 3 is 2.76 bits per heavy atom. The summed E-state index contributed by atoms with van der Waals surface area (Å²) in [5.41, 5.74) is 4.84. The monoisotopic (exact) mass is 239 g/mol. The molecule has 7 heteroatoms. The zero-order valence-electron chi connectivity index (χ0n) is 9.99. The molecule has 0 bridgehead atoms. The standard InChI is InChI=1S/C10H17N5O2/c1-3-7-14-8(12-2)6-9(15-7)13-4-5-17-10(11)16/h6H,3-5H2,1-2H3,(H2,11,16)(H2,12,13,14,15). The molecule has 0 atom stereocenters. The van der Waals surface area contributed by atoms with Crippen LogP contribution in [0.3, 0.4) is 0 Å². The predicted molar refractivity (Wildman–Crippen MR) is 65.0 cm³/mol. The Hall–Kier alpha value is -2.05. The molecule has 0 saturated carbocycles. The van der Waals surface area contributed by atoms with E-state index in [9.17, 15) is 4.79 Å². The summed E-state index contributed by atoms with van der Waals surface area (Å²) in [4.78, 5) is 18.9. The van der Waals surface area contributed by atoms with Gasteiger partial charge in [0.2, 0.25) is 0 Å². The van der Waals surface area contributed by atoms with E-state index < -0.39 is 6.09 Å². The Kier molecular flexibility index (Phi) is 4.99. The van der Waals surface area contributed by atoms with Crippen molar-refractivity contribution in [3.63, 3.8) is 0 Å². The first kappa shape index (κ1) is 13.0. The molecule has 4 N–H and O–H groups in total. The van der Waals surface area contributed by atoms with Crippen molar-refractivity contribution in [1.82, 2.24) is 9.97 Å². The number of nitrogens with zero attached hydrogens (tertiary/aromatic N) is 2. The fourth-order valence-electron chi connectivity index (χ4n) is 1.20. The second-order valence-electron chi connectivity index (χ2n) is 3.25. The third-order valence-corrected chi connectivity index (χ3v) is 2.00. The van der Waals surface area contributed by atoms with Crippen LogP contribution >= 0.6 is 0 Å². The number of primary amides is 1. The third-order valence-electron chi connectivity index (χ3n) is 2.00. The van der Waals surface area contributed by atoms with Gasteiger partial charge in [-0.3, -0.25) is 0 Å². The first-order valence-corrected chi connectivity index (χ1v) is 5.37. The summed E-state index contributed by atoms with van der Waals surface area (Å²) in [6, 6.07) is 1.78. The molecule has 1 aromatic heterocycles. The van der Waals surface area contributed by atoms with Gasteiger partial charge in [0.05, 0.1) is 6.54 Å². The minimum Gasteiger partial charge on any atom is -0.448 e. The second-order valence-corrected chi connectivity index (χ2v) is 3.25. The number of hydrogen-bond acceptors (Lipinski definition) is 6. The highest BCUT2D eigenvalue weighted by molar-refractivity contribution is 5.64. The maximum Gasteiger partial charge on any atom is 0.404 e. The highest BCUT2D eigenvalue weighted by Crippen LogP contribution is 2.10. The Bertz CT molecular complexity index is 361. The van der Waals surface area contributed by atoms with Gasteiger partial charge in [-0.1, -0.05) is 6.92 Å². The Morgan fingerprint density at radius 1 is 1.47 bits per heavy atom. The van der Waals surface area contributed by atoms with E-state index in [2.05, 4.69) is 25.3 Å². The summed E-state index contributed by atoms with van der Waals surface area (Å²) in [5, 5.41) is 5.98. The number of hydrogen-bond donors (Lipinski definition) is 3. The van der Waals surface area contributed by atoms with Gasteiger partial charge in [0.1, 0.15) is 24.1 Å². The average Bonchev–Trinajstić information content (AvgIpc) is 2.34. The van der Waals surface area contributed by atoms with E-state index in [1.165, 1.54) is 0 Å². The molecular formula is C10H17N5O2. The van der Waals surface area contributed by atoms with Crippen LogP contribution < -0.4 is 16.4 Å². The smallest absolute Gasteiger partial charge is 0.404 e. The SMILES string of the molecule is CCc1nc(NC)cc(NCCOC(N)=O)n1. The summed E-state index contributed by atoms with van der Waals surface area (Å²) in [5.74, 6) is 2.18. The summed E-state index contributed by atoms with van der Waals surface area (Å²) in [6.45, 7) is 2.64. The zero-order chi connectivity index (χ0) is 12.7. The van der Waals surface area contributed by atoms with Crippen LogP contribution in [0.4, 0.5) is 16.4 Å². The number of aromatic nitrogens is 2. The van der Waals surface area contributed by atoms with Crippen molar-refractivity contribution in [3.05, 3.63) is 11.9 Å². The number of ether oxygens (including phenoxy) is 1. The Balaban J connectivity index is 2.54. The number of rotatable bonds is 6. The fourth-order valence-corrected chi connectivity index (χ4v) is 1.20. The number of carbonyl (C=O) groups is 1. The van der Waals surface area contributed by atoms with Crippen LogP contribution in [-0.4, -0.2) is 36.3 Å². The quantitative estimate of drug-likeness (QED) is 0.628. The molecular weight excluding hydrogens is 222 g/mol. The molecule has 0 aliphatic heterocycles. The molecule has 0 aliphatic carbocycles. The van der Waals surface area contributed by atoms with Crippen LogP contribution in [0.25, 0.3) is 0 Å². The topological polar surface area (TPSA) is 102 Å². The normalized spacial score (nSPS) is 9.76. The van der Waals surface area contributed by atoms with Gasteiger partial charge in [-0.15, -0.1) is 0 Å². The van der Waals surface area contributed by atoms with Gasteiger partial charge in [0, 0.05) is 19.5 Å². The van der Waals surface area contributed by atoms with Crippen molar-refractivity contribution in [2.45, 2.75) is 13.3 Å². The predicted octanol–water partition coefficient (Wildman–Crippen LogP) is 0.588. The first-order valence-electron chi connectivity index (χ1n) is 5.37. The van der Waals surface area contributed by atoms with E-state index >= 15 is 0 Å². The molecule has 0 fully saturated rings. The molecule has 1 heterocycles.